The molecular formula is C16H17N7O2. The highest BCUT2D eigenvalue weighted by Gasteiger charge is 2.06. The molecule has 9 heteroatoms. The van der Waals surface area contributed by atoms with Crippen LogP contribution in [0.15, 0.2) is 48.9 Å². The number of anilines is 1. The van der Waals surface area contributed by atoms with Crippen molar-refractivity contribution in [3.8, 4) is 11.7 Å². The molecule has 0 atom stereocenters. The highest BCUT2D eigenvalue weighted by molar-refractivity contribution is 5.94. The van der Waals surface area contributed by atoms with E-state index in [0.717, 1.165) is 0 Å². The van der Waals surface area contributed by atoms with Crippen molar-refractivity contribution in [2.45, 2.75) is 0 Å². The van der Waals surface area contributed by atoms with E-state index in [1.807, 2.05) is 12.1 Å². The Morgan fingerprint density at radius 1 is 1.20 bits per heavy atom. The van der Waals surface area contributed by atoms with Gasteiger partial charge in [0.25, 0.3) is 5.91 Å². The van der Waals surface area contributed by atoms with E-state index in [9.17, 15) is 4.79 Å². The number of aromatic nitrogens is 5. The number of nitrogens with one attached hydrogen (secondary N) is 2. The SMILES string of the molecule is COc1cc(C(=O)NCCNc2ccc(-n3cccn3)nn2)ccn1. The molecule has 128 valence electrons. The van der Waals surface area contributed by atoms with Crippen LogP contribution >= 0.6 is 0 Å². The third kappa shape index (κ3) is 4.28. The Hall–Kier alpha value is -3.49. The fraction of sp³-hybridized carbons (Fsp3) is 0.188. The summed E-state index contributed by atoms with van der Waals surface area (Å²) in [5.74, 6) is 1.46. The maximum absolute atomic E-state index is 12.0. The van der Waals surface area contributed by atoms with Crippen molar-refractivity contribution < 1.29 is 9.53 Å². The first-order chi connectivity index (χ1) is 12.3. The van der Waals surface area contributed by atoms with E-state index in [1.165, 1.54) is 13.3 Å². The molecule has 0 aliphatic rings. The molecule has 0 spiro atoms. The summed E-state index contributed by atoms with van der Waals surface area (Å²) < 4.78 is 6.63. The van der Waals surface area contributed by atoms with Crippen LogP contribution in [-0.2, 0) is 0 Å². The number of hydrogen-bond donors (Lipinski definition) is 2. The molecule has 0 radical (unpaired) electrons. The Balaban J connectivity index is 1.45. The van der Waals surface area contributed by atoms with Crippen molar-refractivity contribution in [3.63, 3.8) is 0 Å². The highest BCUT2D eigenvalue weighted by atomic mass is 16.5. The molecule has 3 aromatic heterocycles. The van der Waals surface area contributed by atoms with E-state index in [1.54, 1.807) is 35.3 Å². The van der Waals surface area contributed by atoms with Gasteiger partial charge in [-0.3, -0.25) is 4.79 Å². The van der Waals surface area contributed by atoms with E-state index in [4.69, 9.17) is 4.74 Å². The smallest absolute Gasteiger partial charge is 0.251 e. The number of pyridine rings is 1. The first-order valence-corrected chi connectivity index (χ1v) is 7.62. The second-order valence-corrected chi connectivity index (χ2v) is 5.00. The molecule has 0 aliphatic heterocycles. The minimum atomic E-state index is -0.192. The molecule has 1 amide bonds. The summed E-state index contributed by atoms with van der Waals surface area (Å²) in [6.07, 6.45) is 5.00. The second-order valence-electron chi connectivity index (χ2n) is 5.00. The largest absolute Gasteiger partial charge is 0.481 e. The zero-order valence-electron chi connectivity index (χ0n) is 13.6. The highest BCUT2D eigenvalue weighted by Crippen LogP contribution is 2.08. The van der Waals surface area contributed by atoms with Crippen molar-refractivity contribution in [2.75, 3.05) is 25.5 Å². The van der Waals surface area contributed by atoms with Crippen LogP contribution in [0.4, 0.5) is 5.82 Å². The van der Waals surface area contributed by atoms with Gasteiger partial charge in [-0.05, 0) is 24.3 Å². The van der Waals surface area contributed by atoms with Crippen LogP contribution in [0.25, 0.3) is 5.82 Å². The number of amides is 1. The molecule has 9 nitrogen and oxygen atoms in total. The summed E-state index contributed by atoms with van der Waals surface area (Å²) in [6, 6.07) is 8.64. The molecule has 0 aliphatic carbocycles. The fourth-order valence-corrected chi connectivity index (χ4v) is 2.08. The average Bonchev–Trinajstić information content (AvgIpc) is 3.20. The van der Waals surface area contributed by atoms with Crippen LogP contribution in [0.1, 0.15) is 10.4 Å². The minimum Gasteiger partial charge on any atom is -0.481 e. The van der Waals surface area contributed by atoms with Gasteiger partial charge in [-0.2, -0.15) is 5.10 Å². The summed E-state index contributed by atoms with van der Waals surface area (Å²) >= 11 is 0. The Kier molecular flexibility index (Phi) is 5.15. The van der Waals surface area contributed by atoms with Crippen molar-refractivity contribution in [2.24, 2.45) is 0 Å². The molecule has 0 aromatic carbocycles. The molecule has 3 rings (SSSR count). The van der Waals surface area contributed by atoms with Gasteiger partial charge in [0.1, 0.15) is 5.82 Å². The molecule has 0 saturated carbocycles. The molecule has 25 heavy (non-hydrogen) atoms. The third-order valence-corrected chi connectivity index (χ3v) is 3.31. The quantitative estimate of drug-likeness (QED) is 0.616. The van der Waals surface area contributed by atoms with E-state index in [-0.39, 0.29) is 5.91 Å². The van der Waals surface area contributed by atoms with Crippen LogP contribution in [0.5, 0.6) is 5.88 Å². The predicted molar refractivity (Wildman–Crippen MR) is 90.8 cm³/mol. The normalized spacial score (nSPS) is 10.3. The number of nitrogens with zero attached hydrogens (tertiary/aromatic N) is 5. The molecule has 0 bridgehead atoms. The van der Waals surface area contributed by atoms with Gasteiger partial charge in [0.2, 0.25) is 5.88 Å². The van der Waals surface area contributed by atoms with Crippen molar-refractivity contribution >= 4 is 11.7 Å². The zero-order chi connectivity index (χ0) is 17.5. The Morgan fingerprint density at radius 3 is 2.84 bits per heavy atom. The molecule has 0 unspecified atom stereocenters. The molecule has 2 N–H and O–H groups in total. The lowest BCUT2D eigenvalue weighted by molar-refractivity contribution is 0.0954. The molecular weight excluding hydrogens is 322 g/mol. The first-order valence-electron chi connectivity index (χ1n) is 7.62. The van der Waals surface area contributed by atoms with Crippen molar-refractivity contribution in [1.82, 2.24) is 30.3 Å². The van der Waals surface area contributed by atoms with Crippen LogP contribution in [-0.4, -0.2) is 51.1 Å². The Morgan fingerprint density at radius 2 is 2.12 bits per heavy atom. The van der Waals surface area contributed by atoms with Gasteiger partial charge in [0, 0.05) is 43.3 Å². The Labute approximate surface area is 144 Å². The van der Waals surface area contributed by atoms with Crippen LogP contribution in [0.3, 0.4) is 0 Å². The maximum Gasteiger partial charge on any atom is 0.251 e. The van der Waals surface area contributed by atoms with Gasteiger partial charge in [-0.1, -0.05) is 0 Å². The summed E-state index contributed by atoms with van der Waals surface area (Å²) in [5.41, 5.74) is 0.496. The van der Waals surface area contributed by atoms with Crippen molar-refractivity contribution in [1.29, 1.82) is 0 Å². The molecule has 0 saturated heterocycles. The molecule has 3 heterocycles. The van der Waals surface area contributed by atoms with Crippen LogP contribution in [0, 0.1) is 0 Å². The molecule has 0 fully saturated rings. The topological polar surface area (TPSA) is 107 Å². The Bertz CT molecular complexity index is 819. The summed E-state index contributed by atoms with van der Waals surface area (Å²) in [4.78, 5) is 16.0. The monoisotopic (exact) mass is 339 g/mol. The van der Waals surface area contributed by atoms with E-state index in [0.29, 0.717) is 36.2 Å². The number of carbonyl (C=O) groups is 1. The van der Waals surface area contributed by atoms with Gasteiger partial charge < -0.3 is 15.4 Å². The maximum atomic E-state index is 12.0. The standard InChI is InChI=1S/C16H17N7O2/c1-25-15-11-12(5-7-18-15)16(24)19-9-8-17-13-3-4-14(22-21-13)23-10-2-6-20-23/h2-7,10-11H,8-9H2,1H3,(H,17,21)(H,19,24). The summed E-state index contributed by atoms with van der Waals surface area (Å²) in [6.45, 7) is 0.954. The van der Waals surface area contributed by atoms with Gasteiger partial charge in [-0.25, -0.2) is 9.67 Å². The summed E-state index contributed by atoms with van der Waals surface area (Å²) in [7, 11) is 1.51. The number of ether oxygens (including phenoxy) is 1. The zero-order valence-corrected chi connectivity index (χ0v) is 13.6. The number of rotatable bonds is 7. The number of hydrogen-bond acceptors (Lipinski definition) is 7. The lowest BCUT2D eigenvalue weighted by atomic mass is 10.2. The van der Waals surface area contributed by atoms with E-state index < -0.39 is 0 Å². The molecule has 3 aromatic rings. The van der Waals surface area contributed by atoms with Gasteiger partial charge in [0.15, 0.2) is 5.82 Å². The first kappa shape index (κ1) is 16.4. The van der Waals surface area contributed by atoms with Gasteiger partial charge in [0.05, 0.1) is 7.11 Å². The number of methoxy groups -OCH3 is 1. The van der Waals surface area contributed by atoms with Gasteiger partial charge in [-0.15, -0.1) is 10.2 Å². The average molecular weight is 339 g/mol. The third-order valence-electron chi connectivity index (χ3n) is 3.31. The van der Waals surface area contributed by atoms with Crippen LogP contribution < -0.4 is 15.4 Å². The fourth-order valence-electron chi connectivity index (χ4n) is 2.08. The second kappa shape index (κ2) is 7.86. The van der Waals surface area contributed by atoms with Crippen molar-refractivity contribution in [3.05, 3.63) is 54.5 Å². The van der Waals surface area contributed by atoms with Crippen LogP contribution in [0.2, 0.25) is 0 Å². The lowest BCUT2D eigenvalue weighted by Crippen LogP contribution is -2.29. The predicted octanol–water partition coefficient (Wildman–Crippen LogP) is 0.908. The lowest BCUT2D eigenvalue weighted by Gasteiger charge is -2.08. The van der Waals surface area contributed by atoms with E-state index >= 15 is 0 Å². The van der Waals surface area contributed by atoms with E-state index in [2.05, 4.69) is 30.9 Å². The summed E-state index contributed by atoms with van der Waals surface area (Å²) in [5, 5.41) is 18.1. The van der Waals surface area contributed by atoms with Gasteiger partial charge >= 0.3 is 0 Å². The minimum absolute atomic E-state index is 0.192. The number of carbonyl (C=O) groups excluding carboxylic acids is 1.